The van der Waals surface area contributed by atoms with Gasteiger partial charge in [0.05, 0.1) is 22.5 Å². The smallest absolute Gasteiger partial charge is 0.273 e. The lowest BCUT2D eigenvalue weighted by molar-refractivity contribution is -0.385. The molecule has 1 aromatic heterocycles. The lowest BCUT2D eigenvalue weighted by Gasteiger charge is -2.07. The van der Waals surface area contributed by atoms with Crippen molar-refractivity contribution in [3.8, 4) is 0 Å². The SMILES string of the molecule is Cc1c(C(=O)Nc2cnn(C)c2C)cccc1[N+](=O)[O-]. The maximum absolute atomic E-state index is 12.2. The van der Waals surface area contributed by atoms with Gasteiger partial charge in [-0.1, -0.05) is 6.07 Å². The lowest BCUT2D eigenvalue weighted by Crippen LogP contribution is -2.14. The molecule has 1 aromatic carbocycles. The van der Waals surface area contributed by atoms with Crippen LogP contribution in [0.25, 0.3) is 0 Å². The van der Waals surface area contributed by atoms with Crippen molar-refractivity contribution in [2.75, 3.05) is 5.32 Å². The van der Waals surface area contributed by atoms with Crippen molar-refractivity contribution in [1.29, 1.82) is 0 Å². The molecule has 0 atom stereocenters. The second kappa shape index (κ2) is 5.12. The average molecular weight is 274 g/mol. The van der Waals surface area contributed by atoms with Crippen LogP contribution in [0, 0.1) is 24.0 Å². The summed E-state index contributed by atoms with van der Waals surface area (Å²) in [6, 6.07) is 4.43. The number of aromatic nitrogens is 2. The van der Waals surface area contributed by atoms with E-state index in [1.165, 1.54) is 12.1 Å². The Labute approximate surface area is 115 Å². The summed E-state index contributed by atoms with van der Waals surface area (Å²) in [5.41, 5.74) is 1.95. The number of rotatable bonds is 3. The first-order chi connectivity index (χ1) is 9.41. The number of anilines is 1. The van der Waals surface area contributed by atoms with Crippen LogP contribution in [0.15, 0.2) is 24.4 Å². The topological polar surface area (TPSA) is 90.1 Å². The summed E-state index contributed by atoms with van der Waals surface area (Å²) in [6.45, 7) is 3.38. The van der Waals surface area contributed by atoms with Gasteiger partial charge in [-0.05, 0) is 19.9 Å². The molecule has 0 saturated heterocycles. The zero-order chi connectivity index (χ0) is 14.9. The maximum atomic E-state index is 12.2. The van der Waals surface area contributed by atoms with E-state index < -0.39 is 4.92 Å². The van der Waals surface area contributed by atoms with Crippen molar-refractivity contribution in [2.45, 2.75) is 13.8 Å². The number of nitrogens with zero attached hydrogens (tertiary/aromatic N) is 3. The molecule has 0 bridgehead atoms. The number of amides is 1. The molecule has 0 aliphatic carbocycles. The predicted octanol–water partition coefficient (Wildman–Crippen LogP) is 2.20. The van der Waals surface area contributed by atoms with Crippen LogP contribution in [0.2, 0.25) is 0 Å². The number of aryl methyl sites for hydroxylation is 1. The molecule has 0 fully saturated rings. The van der Waals surface area contributed by atoms with Crippen LogP contribution in [-0.4, -0.2) is 20.6 Å². The quantitative estimate of drug-likeness (QED) is 0.686. The third kappa shape index (κ3) is 2.37. The van der Waals surface area contributed by atoms with Gasteiger partial charge in [0.2, 0.25) is 0 Å². The van der Waals surface area contributed by atoms with Crippen LogP contribution < -0.4 is 5.32 Å². The molecule has 7 nitrogen and oxygen atoms in total. The minimum absolute atomic E-state index is 0.0689. The summed E-state index contributed by atoms with van der Waals surface area (Å²) < 4.78 is 1.63. The summed E-state index contributed by atoms with van der Waals surface area (Å²) in [4.78, 5) is 22.6. The van der Waals surface area contributed by atoms with Crippen molar-refractivity contribution in [3.05, 3.63) is 51.3 Å². The molecule has 0 saturated carbocycles. The fourth-order valence-corrected chi connectivity index (χ4v) is 1.88. The van der Waals surface area contributed by atoms with E-state index in [-0.39, 0.29) is 17.2 Å². The number of carbonyl (C=O) groups excluding carboxylic acids is 1. The molecular weight excluding hydrogens is 260 g/mol. The molecule has 0 aliphatic heterocycles. The van der Waals surface area contributed by atoms with Gasteiger partial charge in [0.1, 0.15) is 0 Å². The Morgan fingerprint density at radius 3 is 2.65 bits per heavy atom. The van der Waals surface area contributed by atoms with E-state index in [1.807, 2.05) is 6.92 Å². The van der Waals surface area contributed by atoms with E-state index in [9.17, 15) is 14.9 Å². The largest absolute Gasteiger partial charge is 0.319 e. The fraction of sp³-hybridized carbons (Fsp3) is 0.231. The zero-order valence-electron chi connectivity index (χ0n) is 11.4. The van der Waals surface area contributed by atoms with Gasteiger partial charge in [-0.2, -0.15) is 5.10 Å². The van der Waals surface area contributed by atoms with Crippen LogP contribution in [0.3, 0.4) is 0 Å². The normalized spacial score (nSPS) is 10.3. The number of nitrogens with one attached hydrogen (secondary N) is 1. The second-order valence-corrected chi connectivity index (χ2v) is 4.43. The summed E-state index contributed by atoms with van der Waals surface area (Å²) >= 11 is 0. The molecule has 0 aliphatic rings. The molecule has 1 N–H and O–H groups in total. The van der Waals surface area contributed by atoms with Crippen LogP contribution in [0.5, 0.6) is 0 Å². The second-order valence-electron chi connectivity index (χ2n) is 4.43. The summed E-state index contributed by atoms with van der Waals surface area (Å²) in [7, 11) is 1.77. The minimum atomic E-state index is -0.499. The molecule has 2 rings (SSSR count). The van der Waals surface area contributed by atoms with Crippen molar-refractivity contribution < 1.29 is 9.72 Å². The molecule has 0 radical (unpaired) electrons. The van der Waals surface area contributed by atoms with Crippen LogP contribution >= 0.6 is 0 Å². The molecule has 7 heteroatoms. The maximum Gasteiger partial charge on any atom is 0.273 e. The number of nitro benzene ring substituents is 1. The Bertz CT molecular complexity index is 691. The highest BCUT2D eigenvalue weighted by Gasteiger charge is 2.18. The fourth-order valence-electron chi connectivity index (χ4n) is 1.88. The van der Waals surface area contributed by atoms with Crippen molar-refractivity contribution in [2.24, 2.45) is 7.05 Å². The van der Waals surface area contributed by atoms with E-state index in [1.54, 1.807) is 30.9 Å². The number of carbonyl (C=O) groups is 1. The Morgan fingerprint density at radius 1 is 1.40 bits per heavy atom. The van der Waals surface area contributed by atoms with Gasteiger partial charge >= 0.3 is 0 Å². The van der Waals surface area contributed by atoms with Gasteiger partial charge in [-0.3, -0.25) is 19.6 Å². The Kier molecular flexibility index (Phi) is 3.51. The highest BCUT2D eigenvalue weighted by Crippen LogP contribution is 2.22. The average Bonchev–Trinajstić information content (AvgIpc) is 2.70. The number of hydrogen-bond acceptors (Lipinski definition) is 4. The summed E-state index contributed by atoms with van der Waals surface area (Å²) in [5.74, 6) is -0.387. The van der Waals surface area contributed by atoms with Crippen molar-refractivity contribution in [3.63, 3.8) is 0 Å². The summed E-state index contributed by atoms with van der Waals surface area (Å²) in [5, 5.41) is 17.6. The lowest BCUT2D eigenvalue weighted by atomic mass is 10.1. The first kappa shape index (κ1) is 13.7. The van der Waals surface area contributed by atoms with E-state index in [4.69, 9.17) is 0 Å². The van der Waals surface area contributed by atoms with Crippen LogP contribution in [0.1, 0.15) is 21.6 Å². The van der Waals surface area contributed by atoms with Crippen molar-refractivity contribution in [1.82, 2.24) is 9.78 Å². The van der Waals surface area contributed by atoms with Gasteiger partial charge in [-0.25, -0.2) is 0 Å². The zero-order valence-corrected chi connectivity index (χ0v) is 11.4. The third-order valence-electron chi connectivity index (χ3n) is 3.23. The molecule has 20 heavy (non-hydrogen) atoms. The Morgan fingerprint density at radius 2 is 2.10 bits per heavy atom. The Balaban J connectivity index is 2.33. The van der Waals surface area contributed by atoms with Gasteiger partial charge < -0.3 is 5.32 Å². The molecule has 1 amide bonds. The van der Waals surface area contributed by atoms with Crippen molar-refractivity contribution >= 4 is 17.3 Å². The van der Waals surface area contributed by atoms with E-state index in [2.05, 4.69) is 10.4 Å². The molecule has 104 valence electrons. The van der Waals surface area contributed by atoms with Gasteiger partial charge in [0.15, 0.2) is 0 Å². The number of benzene rings is 1. The number of nitro groups is 1. The third-order valence-corrected chi connectivity index (χ3v) is 3.23. The van der Waals surface area contributed by atoms with Gasteiger partial charge in [0.25, 0.3) is 11.6 Å². The van der Waals surface area contributed by atoms with Crippen LogP contribution in [0.4, 0.5) is 11.4 Å². The van der Waals surface area contributed by atoms with E-state index >= 15 is 0 Å². The highest BCUT2D eigenvalue weighted by molar-refractivity contribution is 6.06. The highest BCUT2D eigenvalue weighted by atomic mass is 16.6. The molecule has 2 aromatic rings. The first-order valence-electron chi connectivity index (χ1n) is 5.95. The van der Waals surface area contributed by atoms with Crippen LogP contribution in [-0.2, 0) is 7.05 Å². The molecular formula is C13H14N4O3. The monoisotopic (exact) mass is 274 g/mol. The van der Waals surface area contributed by atoms with E-state index in [0.29, 0.717) is 11.3 Å². The standard InChI is InChI=1S/C13H14N4O3/c1-8-10(5-4-6-12(8)17(19)20)13(18)15-11-7-14-16(3)9(11)2/h4-7H,1-3H3,(H,15,18). The minimum Gasteiger partial charge on any atom is -0.319 e. The Hall–Kier alpha value is -2.70. The van der Waals surface area contributed by atoms with E-state index in [0.717, 1.165) is 5.69 Å². The van der Waals surface area contributed by atoms with Gasteiger partial charge in [0, 0.05) is 24.2 Å². The first-order valence-corrected chi connectivity index (χ1v) is 5.95. The summed E-state index contributed by atoms with van der Waals surface area (Å²) in [6.07, 6.45) is 1.54. The van der Waals surface area contributed by atoms with Gasteiger partial charge in [-0.15, -0.1) is 0 Å². The number of hydrogen-bond donors (Lipinski definition) is 1. The predicted molar refractivity (Wildman–Crippen MR) is 73.7 cm³/mol. The molecule has 0 unspecified atom stereocenters. The molecule has 0 spiro atoms. The molecule has 1 heterocycles.